The van der Waals surface area contributed by atoms with E-state index in [4.69, 9.17) is 20.8 Å². The first-order valence-corrected chi connectivity index (χ1v) is 9.26. The lowest BCUT2D eigenvalue weighted by Crippen LogP contribution is -2.35. The SMILES string of the molecule is O=C(NC1CCCCC1)c1ccc(COc2ccc(Br)cc2Cl)o1. The molecule has 1 aromatic carbocycles. The Morgan fingerprint density at radius 1 is 1.25 bits per heavy atom. The Labute approximate surface area is 154 Å². The summed E-state index contributed by atoms with van der Waals surface area (Å²) in [6, 6.07) is 9.10. The number of benzene rings is 1. The minimum atomic E-state index is -0.158. The van der Waals surface area contributed by atoms with Crippen LogP contribution in [0.15, 0.2) is 39.2 Å². The third-order valence-corrected chi connectivity index (χ3v) is 4.88. The van der Waals surface area contributed by atoms with Crippen LogP contribution in [-0.4, -0.2) is 11.9 Å². The minimum Gasteiger partial charge on any atom is -0.484 e. The predicted molar refractivity (Wildman–Crippen MR) is 96.5 cm³/mol. The maximum absolute atomic E-state index is 12.2. The lowest BCUT2D eigenvalue weighted by molar-refractivity contribution is 0.0895. The number of carbonyl (C=O) groups excluding carboxylic acids is 1. The molecule has 0 aliphatic heterocycles. The molecule has 0 atom stereocenters. The Morgan fingerprint density at radius 2 is 2.04 bits per heavy atom. The van der Waals surface area contributed by atoms with E-state index in [-0.39, 0.29) is 18.6 Å². The number of amides is 1. The molecule has 1 aliphatic rings. The van der Waals surface area contributed by atoms with Crippen molar-refractivity contribution >= 4 is 33.4 Å². The van der Waals surface area contributed by atoms with Crippen molar-refractivity contribution in [2.45, 2.75) is 44.8 Å². The van der Waals surface area contributed by atoms with Crippen LogP contribution in [-0.2, 0) is 6.61 Å². The highest BCUT2D eigenvalue weighted by Crippen LogP contribution is 2.28. The number of rotatable bonds is 5. The quantitative estimate of drug-likeness (QED) is 0.721. The minimum absolute atomic E-state index is 0.158. The molecule has 1 aromatic heterocycles. The van der Waals surface area contributed by atoms with Gasteiger partial charge in [0, 0.05) is 10.5 Å². The van der Waals surface area contributed by atoms with Crippen LogP contribution in [0.4, 0.5) is 0 Å². The lowest BCUT2D eigenvalue weighted by atomic mass is 9.95. The standard InChI is InChI=1S/C18H19BrClNO3/c19-12-6-8-16(15(20)10-12)23-11-14-7-9-17(24-14)18(22)21-13-4-2-1-3-5-13/h6-10,13H,1-5,11H2,(H,21,22). The van der Waals surface area contributed by atoms with E-state index in [9.17, 15) is 4.79 Å². The highest BCUT2D eigenvalue weighted by molar-refractivity contribution is 9.10. The molecular weight excluding hydrogens is 394 g/mol. The molecule has 1 saturated carbocycles. The predicted octanol–water partition coefficient (Wildman–Crippen LogP) is 5.34. The molecule has 1 fully saturated rings. The lowest BCUT2D eigenvalue weighted by Gasteiger charge is -2.22. The number of furan rings is 1. The van der Waals surface area contributed by atoms with Gasteiger partial charge in [-0.05, 0) is 43.2 Å². The van der Waals surface area contributed by atoms with Crippen LogP contribution in [0, 0.1) is 0 Å². The number of hydrogen-bond acceptors (Lipinski definition) is 3. The Balaban J connectivity index is 1.55. The molecule has 6 heteroatoms. The molecule has 0 spiro atoms. The van der Waals surface area contributed by atoms with E-state index < -0.39 is 0 Å². The molecule has 3 rings (SSSR count). The molecular formula is C18H19BrClNO3. The van der Waals surface area contributed by atoms with Crippen LogP contribution in [0.25, 0.3) is 0 Å². The largest absolute Gasteiger partial charge is 0.484 e. The van der Waals surface area contributed by atoms with Crippen molar-refractivity contribution in [2.75, 3.05) is 0 Å². The molecule has 0 unspecified atom stereocenters. The Hall–Kier alpha value is -1.46. The van der Waals surface area contributed by atoms with Gasteiger partial charge in [0.1, 0.15) is 18.1 Å². The Morgan fingerprint density at radius 3 is 2.79 bits per heavy atom. The Bertz CT molecular complexity index is 710. The number of hydrogen-bond donors (Lipinski definition) is 1. The molecule has 0 bridgehead atoms. The number of carbonyl (C=O) groups is 1. The fraction of sp³-hybridized carbons (Fsp3) is 0.389. The zero-order chi connectivity index (χ0) is 16.9. The third kappa shape index (κ3) is 4.54. The third-order valence-electron chi connectivity index (χ3n) is 4.09. The van der Waals surface area contributed by atoms with Gasteiger partial charge in [-0.3, -0.25) is 4.79 Å². The van der Waals surface area contributed by atoms with Crippen LogP contribution in [0.1, 0.15) is 48.4 Å². The van der Waals surface area contributed by atoms with Gasteiger partial charge < -0.3 is 14.5 Å². The summed E-state index contributed by atoms with van der Waals surface area (Å²) in [6.07, 6.45) is 5.70. The van der Waals surface area contributed by atoms with Crippen molar-refractivity contribution in [1.82, 2.24) is 5.32 Å². The summed E-state index contributed by atoms with van der Waals surface area (Å²) >= 11 is 9.46. The van der Waals surface area contributed by atoms with E-state index in [1.54, 1.807) is 24.3 Å². The normalized spacial score (nSPS) is 15.2. The molecule has 1 amide bonds. The summed E-state index contributed by atoms with van der Waals surface area (Å²) in [6.45, 7) is 0.220. The van der Waals surface area contributed by atoms with Gasteiger partial charge in [-0.1, -0.05) is 46.8 Å². The fourth-order valence-electron chi connectivity index (χ4n) is 2.82. The van der Waals surface area contributed by atoms with Crippen molar-refractivity contribution in [3.63, 3.8) is 0 Å². The van der Waals surface area contributed by atoms with Gasteiger partial charge in [-0.25, -0.2) is 0 Å². The second-order valence-electron chi connectivity index (χ2n) is 5.94. The maximum Gasteiger partial charge on any atom is 0.287 e. The van der Waals surface area contributed by atoms with Gasteiger partial charge in [-0.15, -0.1) is 0 Å². The highest BCUT2D eigenvalue weighted by atomic mass is 79.9. The first kappa shape index (κ1) is 17.4. The van der Waals surface area contributed by atoms with Crippen molar-refractivity contribution in [1.29, 1.82) is 0 Å². The Kier molecular flexibility index (Phi) is 5.85. The van der Waals surface area contributed by atoms with Crippen molar-refractivity contribution in [2.24, 2.45) is 0 Å². The highest BCUT2D eigenvalue weighted by Gasteiger charge is 2.18. The van der Waals surface area contributed by atoms with Crippen LogP contribution in [0.2, 0.25) is 5.02 Å². The van der Waals surface area contributed by atoms with Gasteiger partial charge in [0.2, 0.25) is 0 Å². The van der Waals surface area contributed by atoms with Gasteiger partial charge in [-0.2, -0.15) is 0 Å². The summed E-state index contributed by atoms with van der Waals surface area (Å²) in [5.41, 5.74) is 0. The van der Waals surface area contributed by atoms with Gasteiger partial charge in [0.15, 0.2) is 5.76 Å². The molecule has 1 aliphatic carbocycles. The van der Waals surface area contributed by atoms with E-state index >= 15 is 0 Å². The average Bonchev–Trinajstić information content (AvgIpc) is 3.04. The van der Waals surface area contributed by atoms with Gasteiger partial charge in [0.25, 0.3) is 5.91 Å². The van der Waals surface area contributed by atoms with Crippen LogP contribution < -0.4 is 10.1 Å². The van der Waals surface area contributed by atoms with Crippen LogP contribution in [0.3, 0.4) is 0 Å². The zero-order valence-corrected chi connectivity index (χ0v) is 15.5. The summed E-state index contributed by atoms with van der Waals surface area (Å²) < 4.78 is 12.1. The van der Waals surface area contributed by atoms with Crippen molar-refractivity contribution in [3.05, 3.63) is 51.3 Å². The van der Waals surface area contributed by atoms with Crippen molar-refractivity contribution in [3.8, 4) is 5.75 Å². The summed E-state index contributed by atoms with van der Waals surface area (Å²) in [5, 5.41) is 3.56. The second kappa shape index (κ2) is 8.08. The molecule has 0 radical (unpaired) electrons. The van der Waals surface area contributed by atoms with E-state index in [1.807, 2.05) is 6.07 Å². The first-order valence-electron chi connectivity index (χ1n) is 8.09. The molecule has 24 heavy (non-hydrogen) atoms. The molecule has 4 nitrogen and oxygen atoms in total. The average molecular weight is 413 g/mol. The van der Waals surface area contributed by atoms with Crippen molar-refractivity contribution < 1.29 is 13.9 Å². The molecule has 1 N–H and O–H groups in total. The van der Waals surface area contributed by atoms with Gasteiger partial charge >= 0.3 is 0 Å². The van der Waals surface area contributed by atoms with E-state index in [0.29, 0.717) is 22.3 Å². The maximum atomic E-state index is 12.2. The molecule has 1 heterocycles. The second-order valence-corrected chi connectivity index (χ2v) is 7.26. The first-order chi connectivity index (χ1) is 11.6. The summed E-state index contributed by atoms with van der Waals surface area (Å²) in [4.78, 5) is 12.2. The topological polar surface area (TPSA) is 51.5 Å². The summed E-state index contributed by atoms with van der Waals surface area (Å²) in [5.74, 6) is 1.32. The fourth-order valence-corrected chi connectivity index (χ4v) is 3.55. The van der Waals surface area contributed by atoms with E-state index in [0.717, 1.165) is 17.3 Å². The van der Waals surface area contributed by atoms with Crippen LogP contribution in [0.5, 0.6) is 5.75 Å². The smallest absolute Gasteiger partial charge is 0.287 e. The molecule has 2 aromatic rings. The molecule has 128 valence electrons. The molecule has 0 saturated heterocycles. The zero-order valence-electron chi connectivity index (χ0n) is 13.2. The van der Waals surface area contributed by atoms with E-state index in [2.05, 4.69) is 21.2 Å². The monoisotopic (exact) mass is 411 g/mol. The number of halogens is 2. The number of nitrogens with one attached hydrogen (secondary N) is 1. The van der Waals surface area contributed by atoms with Gasteiger partial charge in [0.05, 0.1) is 5.02 Å². The van der Waals surface area contributed by atoms with E-state index in [1.165, 1.54) is 19.3 Å². The number of ether oxygens (including phenoxy) is 1. The summed E-state index contributed by atoms with van der Waals surface area (Å²) in [7, 11) is 0. The van der Waals surface area contributed by atoms with Crippen LogP contribution >= 0.6 is 27.5 Å².